The quantitative estimate of drug-likeness (QED) is 0.602. The lowest BCUT2D eigenvalue weighted by molar-refractivity contribution is -0.0596. The fourth-order valence-corrected chi connectivity index (χ4v) is 7.15. The Morgan fingerprint density at radius 3 is 2.68 bits per heavy atom. The molecule has 1 amide bonds. The smallest absolute Gasteiger partial charge is 0.276 e. The van der Waals surface area contributed by atoms with E-state index in [1.807, 2.05) is 6.07 Å². The van der Waals surface area contributed by atoms with Crippen molar-refractivity contribution < 1.29 is 10.0 Å². The van der Waals surface area contributed by atoms with Gasteiger partial charge in [-0.3, -0.25) is 19.9 Å². The van der Waals surface area contributed by atoms with Gasteiger partial charge in [-0.05, 0) is 79.7 Å². The standard InChI is InChI=1S/C23H35N3O2/c1-4-21(23-10-15(2)7-17(12-23)8-16(3)11-23)26-6-5-18-9-19(22(27)25-28)13-24-20(18)14-26/h9,13,15-17,21,28H,4-8,10-12,14H2,1-3H3,(H,25,27)/t15-,16?,17?,21+,23?/m0/s1. The van der Waals surface area contributed by atoms with Crippen molar-refractivity contribution >= 4 is 5.91 Å². The molecule has 0 aromatic carbocycles. The highest BCUT2D eigenvalue weighted by molar-refractivity contribution is 5.93. The number of hydrogen-bond acceptors (Lipinski definition) is 4. The molecule has 2 fully saturated rings. The molecule has 0 saturated heterocycles. The number of rotatable bonds is 4. The summed E-state index contributed by atoms with van der Waals surface area (Å²) >= 11 is 0. The highest BCUT2D eigenvalue weighted by Gasteiger charge is 2.49. The van der Waals surface area contributed by atoms with Gasteiger partial charge in [0.15, 0.2) is 0 Å². The molecule has 154 valence electrons. The SMILES string of the molecule is CC[C@@H](N1CCc2cc(C(=O)NO)cnc2C1)C12CC(C)CC(C[C@H](C)C1)C2. The average molecular weight is 386 g/mol. The third-order valence-electron chi connectivity index (χ3n) is 7.66. The molecule has 1 aromatic rings. The van der Waals surface area contributed by atoms with Crippen molar-refractivity contribution in [1.29, 1.82) is 0 Å². The molecule has 3 unspecified atom stereocenters. The van der Waals surface area contributed by atoms with Gasteiger partial charge in [-0.15, -0.1) is 0 Å². The van der Waals surface area contributed by atoms with E-state index in [1.165, 1.54) is 38.5 Å². The molecule has 2 aliphatic carbocycles. The second kappa shape index (κ2) is 7.75. The molecule has 3 aliphatic rings. The first-order valence-electron chi connectivity index (χ1n) is 11.1. The number of fused-ring (bicyclic) bond motifs is 3. The van der Waals surface area contributed by atoms with E-state index in [2.05, 4.69) is 30.7 Å². The highest BCUT2D eigenvalue weighted by atomic mass is 16.5. The summed E-state index contributed by atoms with van der Waals surface area (Å²) in [6.45, 7) is 9.20. The Labute approximate surface area is 168 Å². The summed E-state index contributed by atoms with van der Waals surface area (Å²) in [4.78, 5) is 19.0. The first-order chi connectivity index (χ1) is 13.4. The predicted molar refractivity (Wildman–Crippen MR) is 109 cm³/mol. The monoisotopic (exact) mass is 385 g/mol. The number of nitrogens with one attached hydrogen (secondary N) is 1. The third-order valence-corrected chi connectivity index (χ3v) is 7.66. The molecule has 5 heteroatoms. The second-order valence-electron chi connectivity index (χ2n) is 9.94. The van der Waals surface area contributed by atoms with Crippen LogP contribution < -0.4 is 5.48 Å². The van der Waals surface area contributed by atoms with Crippen molar-refractivity contribution in [2.24, 2.45) is 23.2 Å². The van der Waals surface area contributed by atoms with Crippen molar-refractivity contribution in [3.63, 3.8) is 0 Å². The zero-order valence-electron chi connectivity index (χ0n) is 17.6. The molecule has 0 spiro atoms. The van der Waals surface area contributed by atoms with Crippen molar-refractivity contribution in [2.45, 2.75) is 78.3 Å². The number of pyridine rings is 1. The van der Waals surface area contributed by atoms with Crippen molar-refractivity contribution in [3.05, 3.63) is 29.1 Å². The van der Waals surface area contributed by atoms with Crippen molar-refractivity contribution in [3.8, 4) is 0 Å². The molecule has 4 rings (SSSR count). The van der Waals surface area contributed by atoms with E-state index in [-0.39, 0.29) is 0 Å². The second-order valence-corrected chi connectivity index (χ2v) is 9.94. The Bertz CT molecular complexity index is 715. The predicted octanol–water partition coefficient (Wildman–Crippen LogP) is 4.19. The molecule has 2 bridgehead atoms. The van der Waals surface area contributed by atoms with Crippen LogP contribution in [0.1, 0.15) is 80.9 Å². The van der Waals surface area contributed by atoms with Gasteiger partial charge in [0.1, 0.15) is 0 Å². The van der Waals surface area contributed by atoms with Crippen LogP contribution in [0.15, 0.2) is 12.3 Å². The van der Waals surface area contributed by atoms with Crippen LogP contribution in [0.3, 0.4) is 0 Å². The summed E-state index contributed by atoms with van der Waals surface area (Å²) in [5.41, 5.74) is 4.85. The minimum atomic E-state index is -0.485. The van der Waals surface area contributed by atoms with Crippen LogP contribution in [-0.4, -0.2) is 33.6 Å². The zero-order chi connectivity index (χ0) is 19.9. The van der Waals surface area contributed by atoms with E-state index in [4.69, 9.17) is 5.21 Å². The van der Waals surface area contributed by atoms with E-state index < -0.39 is 5.91 Å². The molecule has 0 radical (unpaired) electrons. The van der Waals surface area contributed by atoms with E-state index >= 15 is 0 Å². The summed E-state index contributed by atoms with van der Waals surface area (Å²) in [7, 11) is 0. The Morgan fingerprint density at radius 1 is 1.32 bits per heavy atom. The Kier molecular flexibility index (Phi) is 5.49. The first kappa shape index (κ1) is 19.8. The summed E-state index contributed by atoms with van der Waals surface area (Å²) in [5, 5.41) is 8.87. The van der Waals surface area contributed by atoms with Gasteiger partial charge in [-0.2, -0.15) is 0 Å². The first-order valence-corrected chi connectivity index (χ1v) is 11.1. The summed E-state index contributed by atoms with van der Waals surface area (Å²) in [6.07, 6.45) is 10.7. The number of aromatic nitrogens is 1. The Morgan fingerprint density at radius 2 is 2.04 bits per heavy atom. The largest absolute Gasteiger partial charge is 0.294 e. The van der Waals surface area contributed by atoms with E-state index in [9.17, 15) is 4.79 Å². The van der Waals surface area contributed by atoms with Crippen LogP contribution in [0, 0.1) is 23.2 Å². The number of hydroxylamine groups is 1. The molecule has 5 nitrogen and oxygen atoms in total. The molecule has 28 heavy (non-hydrogen) atoms. The summed E-state index contributed by atoms with van der Waals surface area (Å²) in [6, 6.07) is 2.52. The molecule has 2 N–H and O–H groups in total. The van der Waals surface area contributed by atoms with Gasteiger partial charge in [0.2, 0.25) is 0 Å². The Balaban J connectivity index is 1.57. The number of amides is 1. The van der Waals surface area contributed by atoms with E-state index in [0.29, 0.717) is 17.0 Å². The molecular formula is C23H35N3O2. The van der Waals surface area contributed by atoms with Gasteiger partial charge >= 0.3 is 0 Å². The minimum Gasteiger partial charge on any atom is -0.294 e. The van der Waals surface area contributed by atoms with Gasteiger partial charge in [0.25, 0.3) is 5.91 Å². The number of hydrogen-bond donors (Lipinski definition) is 2. The van der Waals surface area contributed by atoms with Crippen LogP contribution in [0.2, 0.25) is 0 Å². The molecule has 2 saturated carbocycles. The number of carbonyl (C=O) groups excluding carboxylic acids is 1. The number of carbonyl (C=O) groups is 1. The highest BCUT2D eigenvalue weighted by Crippen LogP contribution is 2.56. The fraction of sp³-hybridized carbons (Fsp3) is 0.739. The van der Waals surface area contributed by atoms with Gasteiger partial charge in [0.05, 0.1) is 11.3 Å². The van der Waals surface area contributed by atoms with E-state index in [1.54, 1.807) is 11.7 Å². The van der Waals surface area contributed by atoms with Crippen LogP contribution >= 0.6 is 0 Å². The summed E-state index contributed by atoms with van der Waals surface area (Å²) < 4.78 is 0. The van der Waals surface area contributed by atoms with Gasteiger partial charge in [-0.1, -0.05) is 20.8 Å². The number of nitrogens with zero attached hydrogens (tertiary/aromatic N) is 2. The van der Waals surface area contributed by atoms with Crippen LogP contribution in [0.5, 0.6) is 0 Å². The van der Waals surface area contributed by atoms with Crippen LogP contribution in [0.25, 0.3) is 0 Å². The molecule has 5 atom stereocenters. The normalized spacial score (nSPS) is 33.8. The lowest BCUT2D eigenvalue weighted by atomic mass is 9.53. The van der Waals surface area contributed by atoms with Gasteiger partial charge in [-0.25, -0.2) is 5.48 Å². The van der Waals surface area contributed by atoms with E-state index in [0.717, 1.165) is 48.5 Å². The van der Waals surface area contributed by atoms with Gasteiger partial charge in [0, 0.05) is 25.3 Å². The van der Waals surface area contributed by atoms with Crippen LogP contribution in [0.4, 0.5) is 0 Å². The Hall–Kier alpha value is -1.46. The molecule has 1 aliphatic heterocycles. The van der Waals surface area contributed by atoms with Gasteiger partial charge < -0.3 is 0 Å². The zero-order valence-corrected chi connectivity index (χ0v) is 17.6. The van der Waals surface area contributed by atoms with Crippen molar-refractivity contribution in [1.82, 2.24) is 15.4 Å². The topological polar surface area (TPSA) is 65.5 Å². The molecule has 1 aromatic heterocycles. The maximum Gasteiger partial charge on any atom is 0.276 e. The summed E-state index contributed by atoms with van der Waals surface area (Å²) in [5.74, 6) is 2.11. The van der Waals surface area contributed by atoms with Crippen molar-refractivity contribution in [2.75, 3.05) is 6.54 Å². The maximum absolute atomic E-state index is 11.7. The maximum atomic E-state index is 11.7. The molecule has 2 heterocycles. The minimum absolute atomic E-state index is 0.436. The molecular weight excluding hydrogens is 350 g/mol. The van der Waals surface area contributed by atoms with Crippen LogP contribution in [-0.2, 0) is 13.0 Å². The fourth-order valence-electron chi connectivity index (χ4n) is 7.15. The lowest BCUT2D eigenvalue weighted by Crippen LogP contribution is -2.54. The lowest BCUT2D eigenvalue weighted by Gasteiger charge is -2.56. The third kappa shape index (κ3) is 3.59. The average Bonchev–Trinajstić information content (AvgIpc) is 2.66.